The van der Waals surface area contributed by atoms with Crippen LogP contribution in [0.25, 0.3) is 99.9 Å². The van der Waals surface area contributed by atoms with Crippen LogP contribution in [-0.2, 0) is 0 Å². The molecule has 5 nitrogen and oxygen atoms in total. The molecule has 0 fully saturated rings. The molecule has 0 unspecified atom stereocenters. The monoisotopic (exact) mass is 1000 g/mol. The highest BCUT2D eigenvalue weighted by molar-refractivity contribution is 6.20. The maximum Gasteiger partial charge on any atom is 0.160 e. The molecule has 3 aromatic heterocycles. The van der Waals surface area contributed by atoms with Crippen molar-refractivity contribution in [2.24, 2.45) is 4.99 Å². The Kier molecular flexibility index (Phi) is 16.8. The summed E-state index contributed by atoms with van der Waals surface area (Å²) in [6, 6.07) is 81.2. The van der Waals surface area contributed by atoms with Crippen LogP contribution in [0.15, 0.2) is 278 Å². The van der Waals surface area contributed by atoms with Crippen LogP contribution in [0.2, 0.25) is 0 Å². The van der Waals surface area contributed by atoms with Gasteiger partial charge in [0.2, 0.25) is 0 Å². The van der Waals surface area contributed by atoms with Gasteiger partial charge in [0.25, 0.3) is 0 Å². The van der Waals surface area contributed by atoms with Gasteiger partial charge >= 0.3 is 0 Å². The summed E-state index contributed by atoms with van der Waals surface area (Å²) in [5.74, 6) is 0.710. The first-order chi connectivity index (χ1) is 37.9. The van der Waals surface area contributed by atoms with Crippen LogP contribution < -0.4 is 0 Å². The molecule has 0 N–H and O–H groups in total. The fourth-order valence-electron chi connectivity index (χ4n) is 9.80. The number of hydrogen-bond acceptors (Lipinski definition) is 3. The standard InChI is InChI=1S/C52H34N4.C16H19N.2C2H6/c1-4-14-35(15-5-1)47-34-48(54-52(53-47)36-16-6-2-7-17-36)40-20-12-18-37(30-40)38-19-13-23-43(31-38)56-49-25-11-10-24-44(49)45-27-26-39-33-50-41(32-46(39)51(45)56)28-29-55(50)42-21-8-3-9-22-42;1-5-10-15(6-2)13(3)17-14(4)16-11-8-7-9-12-16;2*1-2/h1-34H;6-12H,2-3,5H2,1,4H3;2*1-2H3/b;15-10+,17-14?;;. The van der Waals surface area contributed by atoms with E-state index in [0.29, 0.717) is 5.82 Å². The molecule has 5 heteroatoms. The van der Waals surface area contributed by atoms with E-state index in [-0.39, 0.29) is 0 Å². The van der Waals surface area contributed by atoms with Gasteiger partial charge in [0.15, 0.2) is 5.82 Å². The number of fused-ring (bicyclic) bond motifs is 6. The van der Waals surface area contributed by atoms with Crippen LogP contribution in [0.3, 0.4) is 0 Å². The molecular formula is C72H65N5. The molecule has 0 aliphatic rings. The maximum atomic E-state index is 5.11. The van der Waals surface area contributed by atoms with Crippen molar-refractivity contribution in [2.45, 2.75) is 48.0 Å². The summed E-state index contributed by atoms with van der Waals surface area (Å²) >= 11 is 0. The number of aromatic nitrogens is 4. The summed E-state index contributed by atoms with van der Waals surface area (Å²) in [4.78, 5) is 14.6. The van der Waals surface area contributed by atoms with E-state index in [2.05, 4.69) is 222 Å². The first-order valence-electron chi connectivity index (χ1n) is 26.8. The average Bonchev–Trinajstić information content (AvgIpc) is 4.25. The molecule has 0 bridgehead atoms. The van der Waals surface area contributed by atoms with Gasteiger partial charge in [0.05, 0.1) is 33.6 Å². The highest BCUT2D eigenvalue weighted by Gasteiger charge is 2.18. The third kappa shape index (κ3) is 11.3. The van der Waals surface area contributed by atoms with Gasteiger partial charge in [0.1, 0.15) is 0 Å². The van der Waals surface area contributed by atoms with Gasteiger partial charge in [-0.2, -0.15) is 0 Å². The minimum atomic E-state index is 0.710. The summed E-state index contributed by atoms with van der Waals surface area (Å²) in [6.45, 7) is 19.8. The molecule has 0 atom stereocenters. The zero-order chi connectivity index (χ0) is 53.7. The van der Waals surface area contributed by atoms with E-state index in [1.54, 1.807) is 6.08 Å². The fraction of sp³-hybridized carbons (Fsp3) is 0.0972. The lowest BCUT2D eigenvalue weighted by molar-refractivity contribution is 1.13. The predicted molar refractivity (Wildman–Crippen MR) is 332 cm³/mol. The van der Waals surface area contributed by atoms with Gasteiger partial charge in [-0.1, -0.05) is 230 Å². The Morgan fingerprint density at radius 2 is 1.06 bits per heavy atom. The van der Waals surface area contributed by atoms with Crippen molar-refractivity contribution in [3.63, 3.8) is 0 Å². The lowest BCUT2D eigenvalue weighted by atomic mass is 10.00. The van der Waals surface area contributed by atoms with Crippen molar-refractivity contribution >= 4 is 49.2 Å². The predicted octanol–water partition coefficient (Wildman–Crippen LogP) is 19.9. The first kappa shape index (κ1) is 52.4. The largest absolute Gasteiger partial charge is 0.317 e. The fourth-order valence-corrected chi connectivity index (χ4v) is 9.80. The van der Waals surface area contributed by atoms with E-state index in [1.165, 1.54) is 43.5 Å². The normalized spacial score (nSPS) is 11.3. The van der Waals surface area contributed by atoms with Crippen molar-refractivity contribution in [2.75, 3.05) is 0 Å². The third-order valence-electron chi connectivity index (χ3n) is 13.4. The highest BCUT2D eigenvalue weighted by atomic mass is 15.0. The first-order valence-corrected chi connectivity index (χ1v) is 26.8. The minimum absolute atomic E-state index is 0.710. The van der Waals surface area contributed by atoms with Crippen LogP contribution in [0, 0.1) is 0 Å². The Balaban J connectivity index is 0.000000293. The molecule has 0 spiro atoms. The highest BCUT2D eigenvalue weighted by Crippen LogP contribution is 2.40. The van der Waals surface area contributed by atoms with Crippen LogP contribution in [0.1, 0.15) is 53.5 Å². The molecule has 0 aliphatic carbocycles. The van der Waals surface area contributed by atoms with E-state index in [0.717, 1.165) is 79.5 Å². The van der Waals surface area contributed by atoms with Crippen molar-refractivity contribution < 1.29 is 0 Å². The van der Waals surface area contributed by atoms with Crippen molar-refractivity contribution in [3.05, 3.63) is 279 Å². The number of allylic oxidation sites excluding steroid dienone is 2. The second kappa shape index (κ2) is 24.7. The number of aliphatic imine (C=N–C) groups is 1. The number of hydrogen-bond donors (Lipinski definition) is 0. The Morgan fingerprint density at radius 1 is 0.494 bits per heavy atom. The Bertz CT molecular complexity index is 3970. The lowest BCUT2D eigenvalue weighted by Crippen LogP contribution is -1.96. The van der Waals surface area contributed by atoms with Gasteiger partial charge in [-0.3, -0.25) is 4.99 Å². The Morgan fingerprint density at radius 3 is 1.75 bits per heavy atom. The summed E-state index contributed by atoms with van der Waals surface area (Å²) in [5, 5.41) is 6.15. The van der Waals surface area contributed by atoms with E-state index < -0.39 is 0 Å². The zero-order valence-corrected chi connectivity index (χ0v) is 45.0. The molecule has 0 aliphatic heterocycles. The zero-order valence-electron chi connectivity index (χ0n) is 45.0. The van der Waals surface area contributed by atoms with E-state index in [4.69, 9.17) is 9.97 Å². The topological polar surface area (TPSA) is 48.0 Å². The smallest absolute Gasteiger partial charge is 0.160 e. The van der Waals surface area contributed by atoms with Crippen molar-refractivity contribution in [1.29, 1.82) is 0 Å². The Labute approximate surface area is 454 Å². The molecule has 0 radical (unpaired) electrons. The van der Waals surface area contributed by atoms with Crippen LogP contribution >= 0.6 is 0 Å². The molecular weight excluding hydrogens is 935 g/mol. The lowest BCUT2D eigenvalue weighted by Gasteiger charge is -2.13. The maximum absolute atomic E-state index is 5.11. The minimum Gasteiger partial charge on any atom is -0.317 e. The van der Waals surface area contributed by atoms with Crippen molar-refractivity contribution in [1.82, 2.24) is 19.1 Å². The van der Waals surface area contributed by atoms with Gasteiger partial charge < -0.3 is 9.13 Å². The van der Waals surface area contributed by atoms with Gasteiger partial charge in [0, 0.05) is 61.5 Å². The summed E-state index contributed by atoms with van der Waals surface area (Å²) < 4.78 is 4.72. The van der Waals surface area contributed by atoms with Crippen LogP contribution in [0.4, 0.5) is 0 Å². The third-order valence-corrected chi connectivity index (χ3v) is 13.4. The number of para-hydroxylation sites is 2. The molecule has 0 saturated heterocycles. The van der Waals surface area contributed by atoms with Crippen molar-refractivity contribution in [3.8, 4) is 56.4 Å². The van der Waals surface area contributed by atoms with Crippen LogP contribution in [-0.4, -0.2) is 24.8 Å². The van der Waals surface area contributed by atoms with Gasteiger partial charge in [-0.15, -0.1) is 0 Å². The SMILES string of the molecule is C=C/C(=C\CC)C(=C)N=C(C)c1ccccc1.CC.CC.c1ccc(-c2cc(-c3cccc(-c4cccc(-n5c6ccccc6c6ccc7cc8c(ccn8-c8ccccc8)cc7c65)c4)c3)nc(-c3ccccc3)n2)cc1. The Hall–Kier alpha value is -9.45. The molecule has 9 aromatic carbocycles. The molecule has 0 amide bonds. The molecule has 0 saturated carbocycles. The second-order valence-corrected chi connectivity index (χ2v) is 18.1. The summed E-state index contributed by atoms with van der Waals surface area (Å²) in [6.07, 6.45) is 7.01. The number of nitrogens with zero attached hydrogens (tertiary/aromatic N) is 5. The number of benzene rings is 9. The van der Waals surface area contributed by atoms with E-state index in [1.807, 2.05) is 89.2 Å². The molecule has 12 aromatic rings. The molecule has 3 heterocycles. The molecule has 77 heavy (non-hydrogen) atoms. The molecule has 12 rings (SSSR count). The summed E-state index contributed by atoms with van der Waals surface area (Å²) in [7, 11) is 0. The summed E-state index contributed by atoms with van der Waals surface area (Å²) in [5.41, 5.74) is 16.9. The molecule has 378 valence electrons. The van der Waals surface area contributed by atoms with E-state index >= 15 is 0 Å². The van der Waals surface area contributed by atoms with Gasteiger partial charge in [-0.25, -0.2) is 9.97 Å². The van der Waals surface area contributed by atoms with Crippen LogP contribution in [0.5, 0.6) is 0 Å². The van der Waals surface area contributed by atoms with E-state index in [9.17, 15) is 0 Å². The quantitative estimate of drug-likeness (QED) is 0.0957. The number of rotatable bonds is 11. The average molecular weight is 1000 g/mol. The second-order valence-electron chi connectivity index (χ2n) is 18.1. The van der Waals surface area contributed by atoms with Gasteiger partial charge in [-0.05, 0) is 102 Å².